The molecule has 0 aliphatic carbocycles. The van der Waals surface area contributed by atoms with Crippen LogP contribution in [0.2, 0.25) is 0 Å². The van der Waals surface area contributed by atoms with Crippen molar-refractivity contribution in [1.29, 1.82) is 0 Å². The van der Waals surface area contributed by atoms with Crippen LogP contribution in [0.4, 0.5) is 0 Å². The third-order valence-electron chi connectivity index (χ3n) is 3.26. The number of hydrogen-bond donors (Lipinski definition) is 1. The van der Waals surface area contributed by atoms with E-state index in [1.807, 2.05) is 18.2 Å². The predicted octanol–water partition coefficient (Wildman–Crippen LogP) is 2.72. The van der Waals surface area contributed by atoms with Crippen LogP contribution in [0.1, 0.15) is 16.8 Å². The molecule has 0 spiro atoms. The van der Waals surface area contributed by atoms with Crippen LogP contribution in [0.15, 0.2) is 59.8 Å². The quantitative estimate of drug-likeness (QED) is 0.585. The average molecular weight is 346 g/mol. The number of nitrogens with zero attached hydrogens (tertiary/aromatic N) is 2. The number of hydroxylamine groups is 2. The van der Waals surface area contributed by atoms with Gasteiger partial charge in [-0.25, -0.2) is 14.8 Å². The molecule has 1 N–H and O–H groups in total. The van der Waals surface area contributed by atoms with Crippen molar-refractivity contribution in [3.63, 3.8) is 0 Å². The van der Waals surface area contributed by atoms with Gasteiger partial charge in [-0.05, 0) is 30.7 Å². The molecule has 0 bridgehead atoms. The van der Waals surface area contributed by atoms with Crippen molar-refractivity contribution >= 4 is 23.6 Å². The molecule has 2 aromatic rings. The van der Waals surface area contributed by atoms with Crippen molar-refractivity contribution in [3.05, 3.63) is 60.3 Å². The topological polar surface area (TPSA) is 79.7 Å². The normalized spacial score (nSPS) is 11.7. The van der Waals surface area contributed by atoms with E-state index in [4.69, 9.17) is 4.84 Å². The van der Waals surface area contributed by atoms with Crippen LogP contribution < -0.4 is 0 Å². The molecule has 0 unspecified atom stereocenters. The second-order valence-electron chi connectivity index (χ2n) is 4.84. The second-order valence-corrected chi connectivity index (χ2v) is 5.95. The monoisotopic (exact) mass is 346 g/mol. The summed E-state index contributed by atoms with van der Waals surface area (Å²) in [7, 11) is 1.29. The van der Waals surface area contributed by atoms with Gasteiger partial charge < -0.3 is 5.11 Å². The number of pyridine rings is 1. The van der Waals surface area contributed by atoms with Gasteiger partial charge in [0.05, 0.1) is 12.1 Å². The molecule has 2 rings (SSSR count). The minimum atomic E-state index is -1.11. The van der Waals surface area contributed by atoms with E-state index in [1.54, 1.807) is 36.5 Å². The van der Waals surface area contributed by atoms with E-state index in [0.29, 0.717) is 11.3 Å². The number of carbonyl (C=O) groups is 2. The molecule has 0 saturated heterocycles. The van der Waals surface area contributed by atoms with E-state index in [-0.39, 0.29) is 6.42 Å². The number of amides is 1. The number of carboxylic acid groups (broad SMARTS) is 1. The molecular weight excluding hydrogens is 328 g/mol. The van der Waals surface area contributed by atoms with Gasteiger partial charge in [0.2, 0.25) is 0 Å². The number of carbonyl (C=O) groups excluding carboxylic acids is 1. The molecule has 24 heavy (non-hydrogen) atoms. The summed E-state index contributed by atoms with van der Waals surface area (Å²) in [5.41, 5.74) is 0.378. The Morgan fingerprint density at radius 1 is 1.21 bits per heavy atom. The van der Waals surface area contributed by atoms with Crippen molar-refractivity contribution in [2.24, 2.45) is 0 Å². The number of aliphatic carboxylic acids is 1. The van der Waals surface area contributed by atoms with Gasteiger partial charge in [0.15, 0.2) is 6.04 Å². The van der Waals surface area contributed by atoms with Crippen molar-refractivity contribution in [3.8, 4) is 0 Å². The molecule has 6 nitrogen and oxygen atoms in total. The van der Waals surface area contributed by atoms with Crippen molar-refractivity contribution in [2.45, 2.75) is 17.5 Å². The zero-order chi connectivity index (χ0) is 17.4. The minimum absolute atomic E-state index is 0.239. The van der Waals surface area contributed by atoms with Crippen LogP contribution in [-0.4, -0.2) is 45.9 Å². The van der Waals surface area contributed by atoms with Crippen molar-refractivity contribution < 1.29 is 19.5 Å². The maximum atomic E-state index is 12.5. The Balaban J connectivity index is 2.04. The molecular formula is C17H18N2O4S. The lowest BCUT2D eigenvalue weighted by Gasteiger charge is -2.26. The fourth-order valence-corrected chi connectivity index (χ4v) is 2.97. The van der Waals surface area contributed by atoms with Crippen LogP contribution in [0.5, 0.6) is 0 Å². The van der Waals surface area contributed by atoms with Gasteiger partial charge in [0.25, 0.3) is 5.91 Å². The van der Waals surface area contributed by atoms with Gasteiger partial charge in [0.1, 0.15) is 0 Å². The Morgan fingerprint density at radius 2 is 1.92 bits per heavy atom. The van der Waals surface area contributed by atoms with E-state index >= 15 is 0 Å². The molecule has 0 radical (unpaired) electrons. The van der Waals surface area contributed by atoms with Gasteiger partial charge in [-0.15, -0.1) is 11.8 Å². The average Bonchev–Trinajstić information content (AvgIpc) is 2.62. The van der Waals surface area contributed by atoms with Crippen LogP contribution in [0.3, 0.4) is 0 Å². The third kappa shape index (κ3) is 4.81. The van der Waals surface area contributed by atoms with Crippen LogP contribution in [-0.2, 0) is 9.63 Å². The van der Waals surface area contributed by atoms with Crippen molar-refractivity contribution in [2.75, 3.05) is 12.9 Å². The summed E-state index contributed by atoms with van der Waals surface area (Å²) in [4.78, 5) is 33.3. The standard InChI is InChI=1S/C17H18N2O4S/c1-23-19(16(20)13-7-3-2-4-8-13)14(17(21)22)10-12-24-15-9-5-6-11-18-15/h2-9,11,14H,10,12H2,1H3,(H,21,22)/t14-/m0/s1. The van der Waals surface area contributed by atoms with E-state index in [9.17, 15) is 14.7 Å². The van der Waals surface area contributed by atoms with Crippen LogP contribution >= 0.6 is 11.8 Å². The first-order chi connectivity index (χ1) is 11.6. The maximum absolute atomic E-state index is 12.5. The fraction of sp³-hybridized carbons (Fsp3) is 0.235. The summed E-state index contributed by atoms with van der Waals surface area (Å²) in [6.45, 7) is 0. The summed E-state index contributed by atoms with van der Waals surface area (Å²) < 4.78 is 0. The number of benzene rings is 1. The lowest BCUT2D eigenvalue weighted by atomic mass is 10.1. The van der Waals surface area contributed by atoms with Gasteiger partial charge in [-0.1, -0.05) is 24.3 Å². The number of thioether (sulfide) groups is 1. The first-order valence-electron chi connectivity index (χ1n) is 7.33. The molecule has 1 amide bonds. The maximum Gasteiger partial charge on any atom is 0.329 e. The Labute approximate surface area is 144 Å². The Bertz CT molecular complexity index is 667. The van der Waals surface area contributed by atoms with Crippen LogP contribution in [0.25, 0.3) is 0 Å². The van der Waals surface area contributed by atoms with Crippen molar-refractivity contribution in [1.82, 2.24) is 10.0 Å². The van der Waals surface area contributed by atoms with Gasteiger partial charge >= 0.3 is 5.97 Å². The summed E-state index contributed by atoms with van der Waals surface area (Å²) >= 11 is 1.43. The SMILES string of the molecule is CON(C(=O)c1ccccc1)[C@@H](CCSc1ccccn1)C(=O)O. The summed E-state index contributed by atoms with van der Waals surface area (Å²) in [6, 6.07) is 12.9. The van der Waals surface area contributed by atoms with Crippen LogP contribution in [0, 0.1) is 0 Å². The number of rotatable bonds is 8. The minimum Gasteiger partial charge on any atom is -0.480 e. The van der Waals surface area contributed by atoms with Gasteiger partial charge in [-0.2, -0.15) is 0 Å². The molecule has 0 aliphatic rings. The lowest BCUT2D eigenvalue weighted by molar-refractivity contribution is -0.166. The highest BCUT2D eigenvalue weighted by atomic mass is 32.2. The molecule has 126 valence electrons. The number of aromatic nitrogens is 1. The molecule has 1 aromatic carbocycles. The molecule has 0 saturated carbocycles. The summed E-state index contributed by atoms with van der Waals surface area (Å²) in [5, 5.41) is 11.2. The zero-order valence-electron chi connectivity index (χ0n) is 13.2. The molecule has 0 fully saturated rings. The zero-order valence-corrected chi connectivity index (χ0v) is 14.0. The molecule has 0 aliphatic heterocycles. The third-order valence-corrected chi connectivity index (χ3v) is 4.24. The number of carboxylic acids is 1. The molecule has 1 heterocycles. The second kappa shape index (κ2) is 9.05. The molecule has 7 heteroatoms. The summed E-state index contributed by atoms with van der Waals surface area (Å²) in [6.07, 6.45) is 1.92. The highest BCUT2D eigenvalue weighted by Crippen LogP contribution is 2.19. The Hall–Kier alpha value is -2.38. The lowest BCUT2D eigenvalue weighted by Crippen LogP contribution is -2.44. The highest BCUT2D eigenvalue weighted by molar-refractivity contribution is 7.99. The van der Waals surface area contributed by atoms with Gasteiger partial charge in [-0.3, -0.25) is 9.63 Å². The van der Waals surface area contributed by atoms with E-state index < -0.39 is 17.9 Å². The number of hydrogen-bond acceptors (Lipinski definition) is 5. The largest absolute Gasteiger partial charge is 0.480 e. The highest BCUT2D eigenvalue weighted by Gasteiger charge is 2.30. The van der Waals surface area contributed by atoms with E-state index in [0.717, 1.165) is 10.1 Å². The smallest absolute Gasteiger partial charge is 0.329 e. The predicted molar refractivity (Wildman–Crippen MR) is 90.6 cm³/mol. The van der Waals surface area contributed by atoms with E-state index in [1.165, 1.54) is 18.9 Å². The Kier molecular flexibility index (Phi) is 6.77. The fourth-order valence-electron chi connectivity index (χ4n) is 2.11. The first-order valence-corrected chi connectivity index (χ1v) is 8.31. The molecule has 1 atom stereocenters. The first kappa shape index (κ1) is 18.0. The summed E-state index contributed by atoms with van der Waals surface area (Å²) in [5.74, 6) is -1.09. The van der Waals surface area contributed by atoms with Gasteiger partial charge in [0, 0.05) is 17.5 Å². The Morgan fingerprint density at radius 3 is 2.50 bits per heavy atom. The van der Waals surface area contributed by atoms with E-state index in [2.05, 4.69) is 4.98 Å². The molecule has 1 aromatic heterocycles.